The minimum atomic E-state index is -0.117. The molecule has 1 aromatic heterocycles. The van der Waals surface area contributed by atoms with Crippen molar-refractivity contribution in [3.63, 3.8) is 0 Å². The van der Waals surface area contributed by atoms with E-state index in [2.05, 4.69) is 29.4 Å². The molecule has 21 heavy (non-hydrogen) atoms. The smallest absolute Gasteiger partial charge is 0.257 e. The van der Waals surface area contributed by atoms with Gasteiger partial charge in [-0.3, -0.25) is 10.1 Å². The van der Waals surface area contributed by atoms with Crippen molar-refractivity contribution in [3.8, 4) is 0 Å². The molecule has 0 saturated carbocycles. The summed E-state index contributed by atoms with van der Waals surface area (Å²) in [6.07, 6.45) is 0.999. The molecule has 4 heteroatoms. The standard InChI is InChI=1S/C17H16N2OS/c1-3-12-7-8-14-15(10-12)21-17(18-14)19-16(20)13-6-4-5-11(2)9-13/h4-10H,3H2,1-2H3,(H,18,19,20). The number of aryl methyl sites for hydroxylation is 2. The highest BCUT2D eigenvalue weighted by Crippen LogP contribution is 2.27. The topological polar surface area (TPSA) is 42.0 Å². The van der Waals surface area contributed by atoms with E-state index in [1.54, 1.807) is 0 Å². The van der Waals surface area contributed by atoms with Gasteiger partial charge in [-0.1, -0.05) is 42.0 Å². The van der Waals surface area contributed by atoms with Gasteiger partial charge in [-0.15, -0.1) is 0 Å². The molecule has 1 amide bonds. The van der Waals surface area contributed by atoms with Gasteiger partial charge in [0, 0.05) is 5.56 Å². The molecule has 3 rings (SSSR count). The van der Waals surface area contributed by atoms with E-state index < -0.39 is 0 Å². The maximum absolute atomic E-state index is 12.2. The normalized spacial score (nSPS) is 10.8. The van der Waals surface area contributed by atoms with Crippen LogP contribution in [0, 0.1) is 6.92 Å². The summed E-state index contributed by atoms with van der Waals surface area (Å²) < 4.78 is 1.11. The van der Waals surface area contributed by atoms with E-state index in [-0.39, 0.29) is 5.91 Å². The fraction of sp³-hybridized carbons (Fsp3) is 0.176. The first-order chi connectivity index (χ1) is 10.2. The Morgan fingerprint density at radius 2 is 2.10 bits per heavy atom. The first-order valence-electron chi connectivity index (χ1n) is 6.93. The third-order valence-corrected chi connectivity index (χ3v) is 4.30. The molecule has 0 radical (unpaired) electrons. The van der Waals surface area contributed by atoms with Crippen molar-refractivity contribution in [2.75, 3.05) is 5.32 Å². The Bertz CT molecular complexity index is 807. The van der Waals surface area contributed by atoms with Crippen LogP contribution in [0.4, 0.5) is 5.13 Å². The highest BCUT2D eigenvalue weighted by atomic mass is 32.1. The van der Waals surface area contributed by atoms with E-state index in [1.807, 2.05) is 37.3 Å². The highest BCUT2D eigenvalue weighted by molar-refractivity contribution is 7.22. The second-order valence-electron chi connectivity index (χ2n) is 5.00. The first-order valence-corrected chi connectivity index (χ1v) is 7.75. The summed E-state index contributed by atoms with van der Waals surface area (Å²) in [6.45, 7) is 4.10. The number of carbonyl (C=O) groups is 1. The third-order valence-electron chi connectivity index (χ3n) is 3.36. The SMILES string of the molecule is CCc1ccc2nc(NC(=O)c3cccc(C)c3)sc2c1. The zero-order chi connectivity index (χ0) is 14.8. The van der Waals surface area contributed by atoms with Gasteiger partial charge in [-0.25, -0.2) is 4.98 Å². The van der Waals surface area contributed by atoms with Crippen molar-refractivity contribution in [2.45, 2.75) is 20.3 Å². The quantitative estimate of drug-likeness (QED) is 0.777. The number of anilines is 1. The second-order valence-corrected chi connectivity index (χ2v) is 6.03. The fourth-order valence-electron chi connectivity index (χ4n) is 2.20. The van der Waals surface area contributed by atoms with Crippen molar-refractivity contribution < 1.29 is 4.79 Å². The monoisotopic (exact) mass is 296 g/mol. The predicted octanol–water partition coefficient (Wildman–Crippen LogP) is 4.42. The molecule has 0 aliphatic rings. The van der Waals surface area contributed by atoms with Crippen LogP contribution in [0.1, 0.15) is 28.4 Å². The molecular formula is C17H16N2OS. The molecule has 0 fully saturated rings. The van der Waals surface area contributed by atoms with Gasteiger partial charge < -0.3 is 0 Å². The summed E-state index contributed by atoms with van der Waals surface area (Å²) >= 11 is 1.51. The molecule has 0 bridgehead atoms. The van der Waals surface area contributed by atoms with Crippen LogP contribution in [-0.2, 0) is 6.42 Å². The van der Waals surface area contributed by atoms with Crippen molar-refractivity contribution >= 4 is 32.6 Å². The zero-order valence-corrected chi connectivity index (χ0v) is 12.8. The van der Waals surface area contributed by atoms with Gasteiger partial charge in [0.25, 0.3) is 5.91 Å². The Morgan fingerprint density at radius 3 is 2.86 bits per heavy atom. The summed E-state index contributed by atoms with van der Waals surface area (Å²) in [6, 6.07) is 13.8. The number of nitrogens with zero attached hydrogens (tertiary/aromatic N) is 1. The van der Waals surface area contributed by atoms with Gasteiger partial charge in [-0.05, 0) is 43.2 Å². The zero-order valence-electron chi connectivity index (χ0n) is 12.0. The van der Waals surface area contributed by atoms with E-state index in [4.69, 9.17) is 0 Å². The fourth-order valence-corrected chi connectivity index (χ4v) is 3.12. The molecule has 0 saturated heterocycles. The number of aromatic nitrogens is 1. The second kappa shape index (κ2) is 5.66. The van der Waals surface area contributed by atoms with Gasteiger partial charge in [0.15, 0.2) is 5.13 Å². The van der Waals surface area contributed by atoms with Crippen LogP contribution in [0.2, 0.25) is 0 Å². The van der Waals surface area contributed by atoms with Crippen molar-refractivity contribution in [2.24, 2.45) is 0 Å². The number of rotatable bonds is 3. The summed E-state index contributed by atoms with van der Waals surface area (Å²) in [5.41, 5.74) is 3.93. The van der Waals surface area contributed by atoms with E-state index in [0.717, 1.165) is 22.2 Å². The minimum absolute atomic E-state index is 0.117. The largest absolute Gasteiger partial charge is 0.298 e. The lowest BCUT2D eigenvalue weighted by atomic mass is 10.1. The van der Waals surface area contributed by atoms with Gasteiger partial charge in [0.2, 0.25) is 0 Å². The Balaban J connectivity index is 1.86. The third kappa shape index (κ3) is 2.95. The van der Waals surface area contributed by atoms with E-state index in [0.29, 0.717) is 10.7 Å². The molecule has 0 aliphatic heterocycles. The summed E-state index contributed by atoms with van der Waals surface area (Å²) in [7, 11) is 0. The van der Waals surface area contributed by atoms with Gasteiger partial charge >= 0.3 is 0 Å². The number of fused-ring (bicyclic) bond motifs is 1. The van der Waals surface area contributed by atoms with Crippen LogP contribution in [-0.4, -0.2) is 10.9 Å². The van der Waals surface area contributed by atoms with Crippen LogP contribution >= 0.6 is 11.3 Å². The molecule has 2 aromatic carbocycles. The van der Waals surface area contributed by atoms with E-state index in [1.165, 1.54) is 16.9 Å². The summed E-state index contributed by atoms with van der Waals surface area (Å²) in [5.74, 6) is -0.117. The van der Waals surface area contributed by atoms with E-state index in [9.17, 15) is 4.79 Å². The van der Waals surface area contributed by atoms with Crippen molar-refractivity contribution in [3.05, 3.63) is 59.2 Å². The molecule has 1 heterocycles. The lowest BCUT2D eigenvalue weighted by molar-refractivity contribution is 0.102. The lowest BCUT2D eigenvalue weighted by Gasteiger charge is -2.02. The number of carbonyl (C=O) groups excluding carboxylic acids is 1. The molecule has 0 spiro atoms. The predicted molar refractivity (Wildman–Crippen MR) is 88.1 cm³/mol. The molecule has 0 aliphatic carbocycles. The number of hydrogen-bond donors (Lipinski definition) is 1. The van der Waals surface area contributed by atoms with Crippen LogP contribution in [0.15, 0.2) is 42.5 Å². The molecule has 3 aromatic rings. The Morgan fingerprint density at radius 1 is 1.24 bits per heavy atom. The number of amides is 1. The molecule has 1 N–H and O–H groups in total. The maximum Gasteiger partial charge on any atom is 0.257 e. The number of hydrogen-bond acceptors (Lipinski definition) is 3. The summed E-state index contributed by atoms with van der Waals surface area (Å²) in [5, 5.41) is 3.52. The van der Waals surface area contributed by atoms with Gasteiger partial charge in [0.1, 0.15) is 0 Å². The Kier molecular flexibility index (Phi) is 3.71. The van der Waals surface area contributed by atoms with Gasteiger partial charge in [-0.2, -0.15) is 0 Å². The molecule has 106 valence electrons. The number of thiazole rings is 1. The molecular weight excluding hydrogens is 280 g/mol. The number of benzene rings is 2. The van der Waals surface area contributed by atoms with E-state index >= 15 is 0 Å². The summed E-state index contributed by atoms with van der Waals surface area (Å²) in [4.78, 5) is 16.7. The molecule has 3 nitrogen and oxygen atoms in total. The number of nitrogens with one attached hydrogen (secondary N) is 1. The van der Waals surface area contributed by atoms with Crippen LogP contribution in [0.3, 0.4) is 0 Å². The Labute approximate surface area is 127 Å². The average Bonchev–Trinajstić information content (AvgIpc) is 2.88. The highest BCUT2D eigenvalue weighted by Gasteiger charge is 2.10. The Hall–Kier alpha value is -2.20. The molecule has 0 atom stereocenters. The van der Waals surface area contributed by atoms with Crippen LogP contribution in [0.5, 0.6) is 0 Å². The maximum atomic E-state index is 12.2. The van der Waals surface area contributed by atoms with Crippen molar-refractivity contribution in [1.29, 1.82) is 0 Å². The van der Waals surface area contributed by atoms with Crippen LogP contribution < -0.4 is 5.32 Å². The first kappa shape index (κ1) is 13.8. The average molecular weight is 296 g/mol. The molecule has 0 unspecified atom stereocenters. The minimum Gasteiger partial charge on any atom is -0.298 e. The van der Waals surface area contributed by atoms with Gasteiger partial charge in [0.05, 0.1) is 10.2 Å². The van der Waals surface area contributed by atoms with Crippen LogP contribution in [0.25, 0.3) is 10.2 Å². The van der Waals surface area contributed by atoms with Crippen molar-refractivity contribution in [1.82, 2.24) is 4.98 Å². The lowest BCUT2D eigenvalue weighted by Crippen LogP contribution is -2.11.